The summed E-state index contributed by atoms with van der Waals surface area (Å²) in [5, 5.41) is 10.2. The fourth-order valence-electron chi connectivity index (χ4n) is 2.46. The van der Waals surface area contributed by atoms with E-state index in [9.17, 15) is 0 Å². The molecule has 1 aromatic carbocycles. The average Bonchev–Trinajstić information content (AvgIpc) is 3.26. The molecule has 0 fully saturated rings. The molecule has 0 atom stereocenters. The lowest BCUT2D eigenvalue weighted by atomic mass is 10.2. The summed E-state index contributed by atoms with van der Waals surface area (Å²) in [5.74, 6) is 1.85. The average molecular weight is 311 g/mol. The number of anilines is 2. The van der Waals surface area contributed by atoms with E-state index in [0.29, 0.717) is 24.1 Å². The molecule has 2 heterocycles. The van der Waals surface area contributed by atoms with Crippen molar-refractivity contribution in [2.24, 2.45) is 0 Å². The van der Waals surface area contributed by atoms with Gasteiger partial charge < -0.3 is 14.6 Å². The Hall–Kier alpha value is -2.76. The maximum absolute atomic E-state index is 5.29. The summed E-state index contributed by atoms with van der Waals surface area (Å²) in [6.45, 7) is 7.04. The standard InChI is InChI=1S/C17H21N5O/c1-3-22(4-2)14-9-7-13(8-10-14)12-18-17-19-16(20-21-17)15-6-5-11-23-15/h5-11H,3-4,12H2,1-2H3,(H2,18,19,20,21). The Morgan fingerprint density at radius 1 is 1.13 bits per heavy atom. The van der Waals surface area contributed by atoms with Crippen LogP contribution in [0.2, 0.25) is 0 Å². The van der Waals surface area contributed by atoms with E-state index in [1.165, 1.54) is 11.3 Å². The number of benzene rings is 1. The monoisotopic (exact) mass is 311 g/mol. The van der Waals surface area contributed by atoms with Gasteiger partial charge in [0, 0.05) is 25.3 Å². The second kappa shape index (κ2) is 7.00. The van der Waals surface area contributed by atoms with Gasteiger partial charge in [-0.3, -0.25) is 5.10 Å². The molecule has 0 unspecified atom stereocenters. The summed E-state index contributed by atoms with van der Waals surface area (Å²) in [7, 11) is 0. The van der Waals surface area contributed by atoms with Crippen LogP contribution in [0.5, 0.6) is 0 Å². The molecule has 0 amide bonds. The molecule has 0 saturated heterocycles. The third-order valence-corrected chi connectivity index (χ3v) is 3.76. The van der Waals surface area contributed by atoms with Crippen LogP contribution in [0.15, 0.2) is 47.1 Å². The van der Waals surface area contributed by atoms with Crippen molar-refractivity contribution in [3.8, 4) is 11.6 Å². The Morgan fingerprint density at radius 3 is 2.57 bits per heavy atom. The first-order valence-electron chi connectivity index (χ1n) is 7.84. The van der Waals surface area contributed by atoms with E-state index in [4.69, 9.17) is 4.42 Å². The van der Waals surface area contributed by atoms with E-state index in [1.54, 1.807) is 6.26 Å². The summed E-state index contributed by atoms with van der Waals surface area (Å²) in [6, 6.07) is 12.2. The minimum Gasteiger partial charge on any atom is -0.461 e. The van der Waals surface area contributed by atoms with E-state index < -0.39 is 0 Å². The lowest BCUT2D eigenvalue weighted by Gasteiger charge is -2.21. The smallest absolute Gasteiger partial charge is 0.242 e. The van der Waals surface area contributed by atoms with Crippen LogP contribution in [0.25, 0.3) is 11.6 Å². The van der Waals surface area contributed by atoms with E-state index in [-0.39, 0.29) is 0 Å². The van der Waals surface area contributed by atoms with Gasteiger partial charge in [0.05, 0.1) is 6.26 Å². The van der Waals surface area contributed by atoms with Crippen LogP contribution in [-0.4, -0.2) is 28.3 Å². The fraction of sp³-hybridized carbons (Fsp3) is 0.294. The molecule has 0 spiro atoms. The zero-order valence-corrected chi connectivity index (χ0v) is 13.4. The summed E-state index contributed by atoms with van der Waals surface area (Å²) in [5.41, 5.74) is 2.43. The van der Waals surface area contributed by atoms with Crippen molar-refractivity contribution in [1.29, 1.82) is 0 Å². The summed E-state index contributed by atoms with van der Waals surface area (Å²) >= 11 is 0. The number of H-pyrrole nitrogens is 1. The first kappa shape index (κ1) is 15.1. The Bertz CT molecular complexity index is 714. The SMILES string of the molecule is CCN(CC)c1ccc(CNc2n[nH]c(-c3ccco3)n2)cc1. The van der Waals surface area contributed by atoms with Crippen molar-refractivity contribution in [3.05, 3.63) is 48.2 Å². The molecule has 2 aromatic heterocycles. The predicted octanol–water partition coefficient (Wildman–Crippen LogP) is 3.52. The number of aromatic amines is 1. The number of furan rings is 1. The number of nitrogens with one attached hydrogen (secondary N) is 2. The van der Waals surface area contributed by atoms with E-state index in [2.05, 4.69) is 63.5 Å². The number of aromatic nitrogens is 3. The Kier molecular flexibility index (Phi) is 4.61. The molecule has 3 rings (SSSR count). The van der Waals surface area contributed by atoms with Gasteiger partial charge in [-0.1, -0.05) is 12.1 Å². The number of nitrogens with zero attached hydrogens (tertiary/aromatic N) is 3. The van der Waals surface area contributed by atoms with Crippen molar-refractivity contribution in [2.75, 3.05) is 23.3 Å². The number of hydrogen-bond donors (Lipinski definition) is 2. The highest BCUT2D eigenvalue weighted by Gasteiger charge is 2.07. The van der Waals surface area contributed by atoms with Gasteiger partial charge in [-0.15, -0.1) is 5.10 Å². The minimum absolute atomic E-state index is 0.559. The van der Waals surface area contributed by atoms with E-state index >= 15 is 0 Å². The minimum atomic E-state index is 0.559. The molecule has 6 nitrogen and oxygen atoms in total. The number of hydrogen-bond acceptors (Lipinski definition) is 5. The summed E-state index contributed by atoms with van der Waals surface area (Å²) in [4.78, 5) is 6.68. The van der Waals surface area contributed by atoms with Crippen molar-refractivity contribution in [1.82, 2.24) is 15.2 Å². The molecule has 3 aromatic rings. The molecule has 23 heavy (non-hydrogen) atoms. The van der Waals surface area contributed by atoms with Gasteiger partial charge in [0.25, 0.3) is 0 Å². The van der Waals surface area contributed by atoms with Crippen LogP contribution in [0, 0.1) is 0 Å². The quantitative estimate of drug-likeness (QED) is 0.698. The zero-order valence-electron chi connectivity index (χ0n) is 13.4. The lowest BCUT2D eigenvalue weighted by molar-refractivity contribution is 0.577. The highest BCUT2D eigenvalue weighted by Crippen LogP contribution is 2.17. The third kappa shape index (κ3) is 3.53. The molecule has 0 aliphatic rings. The van der Waals surface area contributed by atoms with E-state index in [0.717, 1.165) is 13.1 Å². The second-order valence-corrected chi connectivity index (χ2v) is 5.18. The first-order valence-corrected chi connectivity index (χ1v) is 7.84. The predicted molar refractivity (Wildman–Crippen MR) is 91.4 cm³/mol. The first-order chi connectivity index (χ1) is 11.3. The Labute approximate surface area is 135 Å². The van der Waals surface area contributed by atoms with Gasteiger partial charge in [-0.2, -0.15) is 4.98 Å². The normalized spacial score (nSPS) is 10.7. The van der Waals surface area contributed by atoms with Gasteiger partial charge in [-0.25, -0.2) is 0 Å². The second-order valence-electron chi connectivity index (χ2n) is 5.18. The molecular weight excluding hydrogens is 290 g/mol. The molecule has 0 aliphatic carbocycles. The molecular formula is C17H21N5O. The molecule has 2 N–H and O–H groups in total. The largest absolute Gasteiger partial charge is 0.461 e. The van der Waals surface area contributed by atoms with Gasteiger partial charge in [-0.05, 0) is 43.7 Å². The fourth-order valence-corrected chi connectivity index (χ4v) is 2.46. The molecule has 0 saturated carbocycles. The third-order valence-electron chi connectivity index (χ3n) is 3.76. The van der Waals surface area contributed by atoms with Crippen LogP contribution >= 0.6 is 0 Å². The van der Waals surface area contributed by atoms with Gasteiger partial charge in [0.1, 0.15) is 0 Å². The Morgan fingerprint density at radius 2 is 1.91 bits per heavy atom. The zero-order chi connectivity index (χ0) is 16.1. The number of rotatable bonds is 7. The van der Waals surface area contributed by atoms with Crippen molar-refractivity contribution < 1.29 is 4.42 Å². The highest BCUT2D eigenvalue weighted by atomic mass is 16.3. The van der Waals surface area contributed by atoms with Crippen molar-refractivity contribution in [3.63, 3.8) is 0 Å². The molecule has 6 heteroatoms. The molecule has 0 radical (unpaired) electrons. The van der Waals surface area contributed by atoms with Gasteiger partial charge >= 0.3 is 0 Å². The van der Waals surface area contributed by atoms with Crippen LogP contribution in [0.1, 0.15) is 19.4 Å². The summed E-state index contributed by atoms with van der Waals surface area (Å²) in [6.07, 6.45) is 1.61. The molecule has 0 aliphatic heterocycles. The van der Waals surface area contributed by atoms with Gasteiger partial charge in [0.2, 0.25) is 5.95 Å². The van der Waals surface area contributed by atoms with Crippen molar-refractivity contribution in [2.45, 2.75) is 20.4 Å². The van der Waals surface area contributed by atoms with E-state index in [1.807, 2.05) is 12.1 Å². The van der Waals surface area contributed by atoms with Crippen LogP contribution < -0.4 is 10.2 Å². The van der Waals surface area contributed by atoms with Crippen molar-refractivity contribution >= 4 is 11.6 Å². The molecule has 0 bridgehead atoms. The Balaban J connectivity index is 1.60. The maximum atomic E-state index is 5.29. The lowest BCUT2D eigenvalue weighted by Crippen LogP contribution is -2.21. The highest BCUT2D eigenvalue weighted by molar-refractivity contribution is 5.49. The van der Waals surface area contributed by atoms with Crippen LogP contribution in [-0.2, 0) is 6.54 Å². The van der Waals surface area contributed by atoms with Crippen LogP contribution in [0.4, 0.5) is 11.6 Å². The summed E-state index contributed by atoms with van der Waals surface area (Å²) < 4.78 is 5.29. The van der Waals surface area contributed by atoms with Gasteiger partial charge in [0.15, 0.2) is 11.6 Å². The van der Waals surface area contributed by atoms with Crippen LogP contribution in [0.3, 0.4) is 0 Å². The maximum Gasteiger partial charge on any atom is 0.242 e. The topological polar surface area (TPSA) is 70.0 Å². The molecule has 120 valence electrons.